The molecule has 0 radical (unpaired) electrons. The standard InChI is InChI=1S/4C7H9O2P.Zr/c4*1-10(8,9)7-5-3-2-4-6-7;/h4*2-6H,1H3,(H,8,9);/q;;;;+4/p-4. The molecular formula is C28H32O8P4Zr. The summed E-state index contributed by atoms with van der Waals surface area (Å²) in [4.78, 5) is 43.4. The van der Waals surface area contributed by atoms with Crippen molar-refractivity contribution in [1.29, 1.82) is 0 Å². The second kappa shape index (κ2) is 18.2. The molecule has 0 amide bonds. The van der Waals surface area contributed by atoms with E-state index in [0.29, 0.717) is 21.2 Å². The molecule has 8 nitrogen and oxygen atoms in total. The first-order valence-electron chi connectivity index (χ1n) is 11.8. The van der Waals surface area contributed by atoms with E-state index in [0.717, 1.165) is 0 Å². The fourth-order valence-electron chi connectivity index (χ4n) is 2.80. The molecule has 0 aliphatic heterocycles. The number of benzene rings is 4. The van der Waals surface area contributed by atoms with E-state index < -0.39 is 29.5 Å². The molecule has 4 aromatic rings. The molecule has 0 aliphatic rings. The van der Waals surface area contributed by atoms with Gasteiger partial charge >= 0.3 is 26.2 Å². The second-order valence-corrected chi connectivity index (χ2v) is 17.6. The normalized spacial score (nSPS) is 15.8. The molecule has 0 heterocycles. The zero-order valence-corrected chi connectivity index (χ0v) is 29.1. The van der Waals surface area contributed by atoms with Crippen molar-refractivity contribution in [3.05, 3.63) is 121 Å². The SMILES string of the molecule is CP(=O)([O-])c1ccccc1.CP(=O)([O-])c1ccccc1.CP(=O)([O-])c1ccccc1.CP(=O)([O-])c1ccccc1.[Zr+4]. The third-order valence-corrected chi connectivity index (χ3v) is 9.85. The van der Waals surface area contributed by atoms with Gasteiger partial charge in [0.25, 0.3) is 0 Å². The smallest absolute Gasteiger partial charge is 0.796 e. The average Bonchev–Trinajstić information content (AvgIpc) is 2.90. The van der Waals surface area contributed by atoms with Gasteiger partial charge in [0.15, 0.2) is 0 Å². The quantitative estimate of drug-likeness (QED) is 0.292. The monoisotopic (exact) mass is 710 g/mol. The number of hydrogen-bond acceptors (Lipinski definition) is 8. The van der Waals surface area contributed by atoms with Gasteiger partial charge in [-0.3, -0.25) is 0 Å². The summed E-state index contributed by atoms with van der Waals surface area (Å²) in [6.07, 6.45) is 0. The van der Waals surface area contributed by atoms with E-state index in [-0.39, 0.29) is 26.2 Å². The maximum atomic E-state index is 10.9. The van der Waals surface area contributed by atoms with Crippen LogP contribution in [0.3, 0.4) is 0 Å². The van der Waals surface area contributed by atoms with E-state index in [4.69, 9.17) is 0 Å². The minimum atomic E-state index is -3.27. The van der Waals surface area contributed by atoms with Crippen LogP contribution in [0.1, 0.15) is 0 Å². The van der Waals surface area contributed by atoms with Crippen LogP contribution in [0.4, 0.5) is 0 Å². The molecule has 41 heavy (non-hydrogen) atoms. The van der Waals surface area contributed by atoms with Crippen LogP contribution in [0.5, 0.6) is 0 Å². The minimum Gasteiger partial charge on any atom is -0.796 e. The summed E-state index contributed by atoms with van der Waals surface area (Å²) in [7, 11) is -13.1. The van der Waals surface area contributed by atoms with E-state index in [9.17, 15) is 37.8 Å². The van der Waals surface area contributed by atoms with Crippen LogP contribution in [-0.2, 0) is 44.5 Å². The van der Waals surface area contributed by atoms with Gasteiger partial charge in [-0.1, -0.05) is 121 Å². The van der Waals surface area contributed by atoms with Gasteiger partial charge in [0.05, 0.1) is 0 Å². The Morgan fingerprint density at radius 1 is 0.341 bits per heavy atom. The third-order valence-electron chi connectivity index (χ3n) is 4.90. The third kappa shape index (κ3) is 17.3. The summed E-state index contributed by atoms with van der Waals surface area (Å²) in [5.74, 6) is 0. The fourth-order valence-corrected chi connectivity index (χ4v) is 5.65. The largest absolute Gasteiger partial charge is 4.00 e. The van der Waals surface area contributed by atoms with Crippen molar-refractivity contribution in [2.75, 3.05) is 26.7 Å². The Kier molecular flexibility index (Phi) is 17.6. The number of hydrogen-bond donors (Lipinski definition) is 0. The molecule has 4 unspecified atom stereocenters. The molecule has 0 saturated heterocycles. The first-order valence-corrected chi connectivity index (χ1v) is 20.1. The zero-order valence-electron chi connectivity index (χ0n) is 23.1. The van der Waals surface area contributed by atoms with Gasteiger partial charge in [0.1, 0.15) is 0 Å². The summed E-state index contributed by atoms with van der Waals surface area (Å²) in [5, 5.41) is 1.59. The van der Waals surface area contributed by atoms with Gasteiger partial charge in [0, 0.05) is 29.5 Å². The molecular weight excluding hydrogens is 679 g/mol. The molecule has 0 aliphatic carbocycles. The van der Waals surface area contributed by atoms with Crippen molar-refractivity contribution in [2.45, 2.75) is 0 Å². The van der Waals surface area contributed by atoms with Crippen LogP contribution in [0.15, 0.2) is 121 Å². The van der Waals surface area contributed by atoms with Gasteiger partial charge in [0.2, 0.25) is 0 Å². The summed E-state index contributed by atoms with van der Waals surface area (Å²) in [6.45, 7) is 4.90. The first kappa shape index (κ1) is 39.5. The zero-order chi connectivity index (χ0) is 30.5. The van der Waals surface area contributed by atoms with Crippen molar-refractivity contribution >= 4 is 50.7 Å². The van der Waals surface area contributed by atoms with Crippen LogP contribution in [-0.4, -0.2) is 26.7 Å². The molecule has 0 spiro atoms. The van der Waals surface area contributed by atoms with E-state index in [1.807, 2.05) is 0 Å². The predicted octanol–water partition coefficient (Wildman–Crippen LogP) is 2.32. The minimum absolute atomic E-state index is 0. The fraction of sp³-hybridized carbons (Fsp3) is 0.143. The Bertz CT molecular complexity index is 1240. The molecule has 4 aromatic carbocycles. The molecule has 0 fully saturated rings. The Morgan fingerprint density at radius 3 is 0.537 bits per heavy atom. The second-order valence-electron chi connectivity index (χ2n) is 8.73. The number of rotatable bonds is 4. The Labute approximate surface area is 261 Å². The average molecular weight is 712 g/mol. The van der Waals surface area contributed by atoms with Crippen molar-refractivity contribution in [1.82, 2.24) is 0 Å². The maximum absolute atomic E-state index is 10.9. The molecule has 0 N–H and O–H groups in total. The van der Waals surface area contributed by atoms with Gasteiger partial charge in [-0.15, -0.1) is 0 Å². The Balaban J connectivity index is 0.000000516. The van der Waals surface area contributed by atoms with E-state index in [1.165, 1.54) is 26.7 Å². The van der Waals surface area contributed by atoms with Crippen molar-refractivity contribution in [3.63, 3.8) is 0 Å². The van der Waals surface area contributed by atoms with E-state index in [2.05, 4.69) is 0 Å². The molecule has 4 atom stereocenters. The predicted molar refractivity (Wildman–Crippen MR) is 158 cm³/mol. The van der Waals surface area contributed by atoms with Gasteiger partial charge < -0.3 is 37.8 Å². The van der Waals surface area contributed by atoms with E-state index in [1.54, 1.807) is 121 Å². The summed E-state index contributed by atoms with van der Waals surface area (Å²) in [5.41, 5.74) is 0. The summed E-state index contributed by atoms with van der Waals surface area (Å²) < 4.78 is 43.4. The van der Waals surface area contributed by atoms with Crippen LogP contribution < -0.4 is 40.8 Å². The molecule has 0 saturated carbocycles. The topological polar surface area (TPSA) is 161 Å². The molecule has 13 heteroatoms. The Hall–Kier alpha value is -1.48. The van der Waals surface area contributed by atoms with E-state index >= 15 is 0 Å². The molecule has 216 valence electrons. The van der Waals surface area contributed by atoms with Gasteiger partial charge in [-0.05, 0) is 47.9 Å². The molecule has 4 rings (SSSR count). The summed E-state index contributed by atoms with van der Waals surface area (Å²) in [6, 6.07) is 33.6. The summed E-state index contributed by atoms with van der Waals surface area (Å²) >= 11 is 0. The molecule has 0 bridgehead atoms. The van der Waals surface area contributed by atoms with Crippen molar-refractivity contribution in [3.8, 4) is 0 Å². The van der Waals surface area contributed by atoms with Crippen LogP contribution in [0.2, 0.25) is 0 Å². The van der Waals surface area contributed by atoms with Crippen LogP contribution in [0.25, 0.3) is 0 Å². The first-order chi connectivity index (χ1) is 18.4. The van der Waals surface area contributed by atoms with Crippen LogP contribution in [0, 0.1) is 0 Å². The van der Waals surface area contributed by atoms with Crippen molar-refractivity contribution < 1.29 is 64.0 Å². The van der Waals surface area contributed by atoms with Gasteiger partial charge in [-0.25, -0.2) is 0 Å². The van der Waals surface area contributed by atoms with Gasteiger partial charge in [-0.2, -0.15) is 0 Å². The Morgan fingerprint density at radius 2 is 0.463 bits per heavy atom. The van der Waals surface area contributed by atoms with Crippen molar-refractivity contribution in [2.24, 2.45) is 0 Å². The molecule has 0 aromatic heterocycles. The maximum Gasteiger partial charge on any atom is 4.00 e. The van der Waals surface area contributed by atoms with Crippen LogP contribution >= 0.6 is 29.5 Å².